The molecule has 20 heavy (non-hydrogen) atoms. The predicted molar refractivity (Wildman–Crippen MR) is 74.1 cm³/mol. The van der Waals surface area contributed by atoms with Crippen LogP contribution in [0.2, 0.25) is 0 Å². The Hall–Kier alpha value is -2.96. The summed E-state index contributed by atoms with van der Waals surface area (Å²) in [6, 6.07) is 11.2. The molecule has 2 heterocycles. The van der Waals surface area contributed by atoms with Crippen molar-refractivity contribution < 1.29 is 4.79 Å². The Balaban J connectivity index is 1.64. The van der Waals surface area contributed by atoms with Gasteiger partial charge >= 0.3 is 0 Å². The van der Waals surface area contributed by atoms with Gasteiger partial charge < -0.3 is 4.98 Å². The van der Waals surface area contributed by atoms with Crippen LogP contribution >= 0.6 is 0 Å². The van der Waals surface area contributed by atoms with Gasteiger partial charge in [0.1, 0.15) is 12.1 Å². The van der Waals surface area contributed by atoms with Crippen molar-refractivity contribution in [1.29, 1.82) is 0 Å². The van der Waals surface area contributed by atoms with Crippen LogP contribution in [0.3, 0.4) is 0 Å². The molecule has 0 saturated heterocycles. The Bertz CT molecular complexity index is 743. The number of aromatic amines is 1. The van der Waals surface area contributed by atoms with Crippen molar-refractivity contribution in [3.63, 3.8) is 0 Å². The third-order valence-corrected chi connectivity index (χ3v) is 2.73. The van der Waals surface area contributed by atoms with Crippen LogP contribution in [0.1, 0.15) is 5.69 Å². The average Bonchev–Trinajstić information content (AvgIpc) is 3.09. The number of rotatable bonds is 4. The van der Waals surface area contributed by atoms with Crippen LogP contribution in [0.4, 0.5) is 0 Å². The quantitative estimate of drug-likeness (QED) is 0.544. The van der Waals surface area contributed by atoms with Gasteiger partial charge in [-0.2, -0.15) is 5.10 Å². The molecule has 0 aliphatic rings. The summed E-state index contributed by atoms with van der Waals surface area (Å²) in [7, 11) is 0. The Morgan fingerprint density at radius 2 is 2.25 bits per heavy atom. The second-order valence-electron chi connectivity index (χ2n) is 4.15. The zero-order chi connectivity index (χ0) is 13.8. The van der Waals surface area contributed by atoms with Gasteiger partial charge in [-0.3, -0.25) is 4.79 Å². The number of carbonyl (C=O) groups excluding carboxylic acids is 1. The minimum Gasteiger partial charge on any atom is -0.360 e. The van der Waals surface area contributed by atoms with E-state index in [2.05, 4.69) is 25.8 Å². The van der Waals surface area contributed by atoms with Gasteiger partial charge in [-0.05, 0) is 24.3 Å². The molecule has 3 aromatic rings. The van der Waals surface area contributed by atoms with Gasteiger partial charge in [0.2, 0.25) is 0 Å². The first-order valence-corrected chi connectivity index (χ1v) is 6.06. The lowest BCUT2D eigenvalue weighted by atomic mass is 10.3. The van der Waals surface area contributed by atoms with Crippen molar-refractivity contribution in [1.82, 2.24) is 25.4 Å². The first-order valence-electron chi connectivity index (χ1n) is 6.06. The van der Waals surface area contributed by atoms with E-state index in [0.29, 0.717) is 0 Å². The molecule has 0 aliphatic heterocycles. The second-order valence-corrected chi connectivity index (χ2v) is 4.15. The molecule has 1 amide bonds. The van der Waals surface area contributed by atoms with Gasteiger partial charge in [-0.15, -0.1) is 5.10 Å². The van der Waals surface area contributed by atoms with Crippen LogP contribution in [0, 0.1) is 0 Å². The molecule has 1 aromatic carbocycles. The number of hydrazone groups is 1. The van der Waals surface area contributed by atoms with Crippen LogP contribution < -0.4 is 5.43 Å². The molecule has 0 aliphatic carbocycles. The van der Waals surface area contributed by atoms with Gasteiger partial charge in [0, 0.05) is 6.20 Å². The highest BCUT2D eigenvalue weighted by atomic mass is 16.2. The largest absolute Gasteiger partial charge is 0.360 e. The lowest BCUT2D eigenvalue weighted by Crippen LogP contribution is -2.23. The Morgan fingerprint density at radius 3 is 3.10 bits per heavy atom. The summed E-state index contributed by atoms with van der Waals surface area (Å²) < 4.78 is 1.54. The van der Waals surface area contributed by atoms with E-state index >= 15 is 0 Å². The van der Waals surface area contributed by atoms with Crippen molar-refractivity contribution in [2.75, 3.05) is 0 Å². The molecule has 0 bridgehead atoms. The molecule has 7 nitrogen and oxygen atoms in total. The monoisotopic (exact) mass is 268 g/mol. The lowest BCUT2D eigenvalue weighted by molar-refractivity contribution is -0.121. The van der Waals surface area contributed by atoms with E-state index in [1.165, 1.54) is 10.9 Å². The highest BCUT2D eigenvalue weighted by molar-refractivity contribution is 5.82. The Kier molecular flexibility index (Phi) is 3.24. The number of H-pyrrole nitrogens is 1. The molecule has 0 radical (unpaired) electrons. The number of hydrogen-bond acceptors (Lipinski definition) is 4. The van der Waals surface area contributed by atoms with Crippen molar-refractivity contribution in [2.24, 2.45) is 5.10 Å². The number of nitrogens with one attached hydrogen (secondary N) is 2. The summed E-state index contributed by atoms with van der Waals surface area (Å²) in [5, 5.41) is 11.8. The summed E-state index contributed by atoms with van der Waals surface area (Å²) in [5.41, 5.74) is 4.84. The lowest BCUT2D eigenvalue weighted by Gasteiger charge is -2.00. The molecule has 0 saturated carbocycles. The molecule has 3 rings (SSSR count). The molecule has 0 unspecified atom stereocenters. The number of fused-ring (bicyclic) bond motifs is 1. The molecular formula is C13H12N6O. The van der Waals surface area contributed by atoms with Crippen LogP contribution in [0.5, 0.6) is 0 Å². The first-order chi connectivity index (χ1) is 9.83. The Morgan fingerprint density at radius 1 is 1.35 bits per heavy atom. The minimum absolute atomic E-state index is 0.0720. The summed E-state index contributed by atoms with van der Waals surface area (Å²) in [6.45, 7) is 0.0720. The molecular weight excluding hydrogens is 256 g/mol. The zero-order valence-corrected chi connectivity index (χ0v) is 10.5. The molecule has 2 aromatic heterocycles. The minimum atomic E-state index is -0.261. The third-order valence-electron chi connectivity index (χ3n) is 2.73. The average molecular weight is 268 g/mol. The van der Waals surface area contributed by atoms with Crippen molar-refractivity contribution in [3.8, 4) is 0 Å². The highest BCUT2D eigenvalue weighted by Crippen LogP contribution is 2.08. The number of para-hydroxylation sites is 1. The fourth-order valence-electron chi connectivity index (χ4n) is 1.80. The molecule has 100 valence electrons. The SMILES string of the molecule is O=C(Cn1nnc2ccccc21)N/N=C/c1ccc[nH]1. The van der Waals surface area contributed by atoms with Crippen molar-refractivity contribution in [2.45, 2.75) is 6.54 Å². The normalized spacial score (nSPS) is 11.2. The van der Waals surface area contributed by atoms with E-state index < -0.39 is 0 Å². The van der Waals surface area contributed by atoms with Crippen LogP contribution in [-0.4, -0.2) is 32.1 Å². The molecule has 0 fully saturated rings. The van der Waals surface area contributed by atoms with Gasteiger partial charge in [0.15, 0.2) is 0 Å². The van der Waals surface area contributed by atoms with Gasteiger partial charge in [-0.1, -0.05) is 17.3 Å². The fourth-order valence-corrected chi connectivity index (χ4v) is 1.80. The van der Waals surface area contributed by atoms with Crippen LogP contribution in [-0.2, 0) is 11.3 Å². The highest BCUT2D eigenvalue weighted by Gasteiger charge is 2.07. The number of benzene rings is 1. The molecule has 2 N–H and O–H groups in total. The number of hydrogen-bond donors (Lipinski definition) is 2. The molecule has 0 spiro atoms. The summed E-state index contributed by atoms with van der Waals surface area (Å²) in [4.78, 5) is 14.7. The van der Waals surface area contributed by atoms with Gasteiger partial charge in [0.05, 0.1) is 17.4 Å². The van der Waals surface area contributed by atoms with E-state index in [1.54, 1.807) is 6.20 Å². The summed E-state index contributed by atoms with van der Waals surface area (Å²) in [5.74, 6) is -0.261. The van der Waals surface area contributed by atoms with E-state index in [4.69, 9.17) is 0 Å². The third kappa shape index (κ3) is 2.56. The zero-order valence-electron chi connectivity index (χ0n) is 10.5. The maximum atomic E-state index is 11.8. The van der Waals surface area contributed by atoms with Gasteiger partial charge in [-0.25, -0.2) is 10.1 Å². The smallest absolute Gasteiger partial charge is 0.261 e. The topological polar surface area (TPSA) is 88.0 Å². The maximum Gasteiger partial charge on any atom is 0.261 e. The maximum absolute atomic E-state index is 11.8. The molecule has 7 heteroatoms. The fraction of sp³-hybridized carbons (Fsp3) is 0.0769. The molecule has 0 atom stereocenters. The Labute approximate surface area is 114 Å². The second kappa shape index (κ2) is 5.35. The predicted octanol–water partition coefficient (Wildman–Crippen LogP) is 0.910. The van der Waals surface area contributed by atoms with Crippen LogP contribution in [0.25, 0.3) is 11.0 Å². The van der Waals surface area contributed by atoms with E-state index in [-0.39, 0.29) is 12.5 Å². The van der Waals surface area contributed by atoms with E-state index in [0.717, 1.165) is 16.7 Å². The summed E-state index contributed by atoms with van der Waals surface area (Å²) >= 11 is 0. The number of aromatic nitrogens is 4. The number of carbonyl (C=O) groups is 1. The van der Waals surface area contributed by atoms with E-state index in [1.807, 2.05) is 36.4 Å². The van der Waals surface area contributed by atoms with Crippen molar-refractivity contribution in [3.05, 3.63) is 48.3 Å². The van der Waals surface area contributed by atoms with Crippen LogP contribution in [0.15, 0.2) is 47.7 Å². The number of amides is 1. The summed E-state index contributed by atoms with van der Waals surface area (Å²) in [6.07, 6.45) is 3.32. The van der Waals surface area contributed by atoms with Crippen molar-refractivity contribution >= 4 is 23.2 Å². The van der Waals surface area contributed by atoms with E-state index in [9.17, 15) is 4.79 Å². The standard InChI is InChI=1S/C13H12N6O/c20-13(17-15-8-10-4-3-7-14-10)9-19-12-6-2-1-5-11(12)16-18-19/h1-8,14H,9H2,(H,17,20)/b15-8+. The van der Waals surface area contributed by atoms with Gasteiger partial charge in [0.25, 0.3) is 5.91 Å². The first kappa shape index (κ1) is 12.1. The number of nitrogens with zero attached hydrogens (tertiary/aromatic N) is 4.